The van der Waals surface area contributed by atoms with E-state index in [0.717, 1.165) is 11.1 Å². The van der Waals surface area contributed by atoms with Crippen LogP contribution in [0.25, 0.3) is 0 Å². The third-order valence-electron chi connectivity index (χ3n) is 5.19. The van der Waals surface area contributed by atoms with Crippen LogP contribution in [0, 0.1) is 6.92 Å². The smallest absolute Gasteiger partial charge is 0.265 e. The van der Waals surface area contributed by atoms with E-state index in [1.165, 1.54) is 25.3 Å². The van der Waals surface area contributed by atoms with Gasteiger partial charge in [0.2, 0.25) is 0 Å². The Morgan fingerprint density at radius 3 is 2.21 bits per heavy atom. The van der Waals surface area contributed by atoms with E-state index in [-0.39, 0.29) is 16.2 Å². The molecule has 3 aromatic rings. The molecule has 3 rings (SSSR count). The average Bonchev–Trinajstić information content (AvgIpc) is 2.84. The van der Waals surface area contributed by atoms with Crippen LogP contribution in [-0.2, 0) is 16.4 Å². The molecule has 0 bridgehead atoms. The first-order valence-electron chi connectivity index (χ1n) is 10.5. The Morgan fingerprint density at radius 2 is 1.56 bits per heavy atom. The molecule has 3 aromatic carbocycles. The van der Waals surface area contributed by atoms with E-state index in [2.05, 4.69) is 10.0 Å². The third kappa shape index (κ3) is 5.99. The van der Waals surface area contributed by atoms with Crippen LogP contribution in [0.1, 0.15) is 21.5 Å². The van der Waals surface area contributed by atoms with Gasteiger partial charge < -0.3 is 19.5 Å². The highest BCUT2D eigenvalue weighted by molar-refractivity contribution is 7.92. The molecular weight excluding hydrogens is 456 g/mol. The van der Waals surface area contributed by atoms with Gasteiger partial charge in [0.05, 0.1) is 21.3 Å². The van der Waals surface area contributed by atoms with Crippen molar-refractivity contribution in [2.24, 2.45) is 0 Å². The van der Waals surface area contributed by atoms with Gasteiger partial charge in [-0.1, -0.05) is 23.8 Å². The number of benzene rings is 3. The molecule has 2 N–H and O–H groups in total. The fourth-order valence-corrected chi connectivity index (χ4v) is 4.59. The highest BCUT2D eigenvalue weighted by atomic mass is 32.2. The van der Waals surface area contributed by atoms with Crippen LogP contribution in [0.4, 0.5) is 5.69 Å². The van der Waals surface area contributed by atoms with Gasteiger partial charge in [0.1, 0.15) is 22.1 Å². The molecule has 0 aliphatic heterocycles. The van der Waals surface area contributed by atoms with Crippen LogP contribution in [-0.4, -0.2) is 42.2 Å². The summed E-state index contributed by atoms with van der Waals surface area (Å²) in [6.45, 7) is 2.24. The number of sulfonamides is 1. The molecule has 34 heavy (non-hydrogen) atoms. The quantitative estimate of drug-likeness (QED) is 0.454. The van der Waals surface area contributed by atoms with E-state index in [1.807, 2.05) is 19.1 Å². The minimum absolute atomic E-state index is 0.125. The first-order chi connectivity index (χ1) is 16.3. The van der Waals surface area contributed by atoms with E-state index in [1.54, 1.807) is 44.6 Å². The van der Waals surface area contributed by atoms with Crippen molar-refractivity contribution in [2.75, 3.05) is 32.6 Å². The Balaban J connectivity index is 1.74. The number of hydrogen-bond donors (Lipinski definition) is 2. The Kier molecular flexibility index (Phi) is 8.01. The van der Waals surface area contributed by atoms with Crippen LogP contribution < -0.4 is 24.2 Å². The van der Waals surface area contributed by atoms with E-state index >= 15 is 0 Å². The largest absolute Gasteiger partial charge is 0.497 e. The molecule has 0 heterocycles. The van der Waals surface area contributed by atoms with Crippen LogP contribution >= 0.6 is 0 Å². The summed E-state index contributed by atoms with van der Waals surface area (Å²) < 4.78 is 44.4. The normalized spacial score (nSPS) is 10.9. The maximum Gasteiger partial charge on any atom is 0.265 e. The zero-order valence-electron chi connectivity index (χ0n) is 19.5. The number of amides is 1. The Bertz CT molecular complexity index is 1260. The lowest BCUT2D eigenvalue weighted by molar-refractivity contribution is 0.0953. The maximum atomic E-state index is 13.0. The summed E-state index contributed by atoms with van der Waals surface area (Å²) in [5.74, 6) is 1.07. The summed E-state index contributed by atoms with van der Waals surface area (Å²) in [7, 11) is 0.538. The fourth-order valence-electron chi connectivity index (χ4n) is 3.33. The summed E-state index contributed by atoms with van der Waals surface area (Å²) in [5, 5.41) is 2.82. The minimum Gasteiger partial charge on any atom is -0.497 e. The molecule has 0 atom stereocenters. The second-order valence-corrected chi connectivity index (χ2v) is 9.17. The van der Waals surface area contributed by atoms with Crippen LogP contribution in [0.15, 0.2) is 65.6 Å². The Labute approximate surface area is 199 Å². The van der Waals surface area contributed by atoms with Crippen molar-refractivity contribution < 1.29 is 27.4 Å². The highest BCUT2D eigenvalue weighted by Crippen LogP contribution is 2.28. The van der Waals surface area contributed by atoms with Crippen LogP contribution in [0.2, 0.25) is 0 Å². The number of nitrogens with one attached hydrogen (secondary N) is 2. The van der Waals surface area contributed by atoms with Gasteiger partial charge in [-0.3, -0.25) is 9.52 Å². The third-order valence-corrected chi connectivity index (χ3v) is 6.60. The maximum absolute atomic E-state index is 13.0. The predicted octanol–water partition coefficient (Wildman–Crippen LogP) is 3.79. The first-order valence-corrected chi connectivity index (χ1v) is 12.0. The van der Waals surface area contributed by atoms with Crippen LogP contribution in [0.3, 0.4) is 0 Å². The molecule has 0 saturated carbocycles. The van der Waals surface area contributed by atoms with Crippen molar-refractivity contribution in [3.8, 4) is 17.2 Å². The number of methoxy groups -OCH3 is 3. The monoisotopic (exact) mass is 484 g/mol. The summed E-state index contributed by atoms with van der Waals surface area (Å²) in [6, 6.07) is 16.7. The molecule has 8 nitrogen and oxygen atoms in total. The second kappa shape index (κ2) is 10.9. The number of anilines is 1. The average molecular weight is 485 g/mol. The molecular formula is C25H28N2O6S. The van der Waals surface area contributed by atoms with Crippen molar-refractivity contribution in [2.45, 2.75) is 18.2 Å². The summed E-state index contributed by atoms with van der Waals surface area (Å²) >= 11 is 0. The van der Waals surface area contributed by atoms with E-state index in [0.29, 0.717) is 30.2 Å². The molecule has 9 heteroatoms. The minimum atomic E-state index is -3.99. The lowest BCUT2D eigenvalue weighted by Crippen LogP contribution is -2.26. The van der Waals surface area contributed by atoms with Crippen molar-refractivity contribution in [3.63, 3.8) is 0 Å². The van der Waals surface area contributed by atoms with Crippen molar-refractivity contribution in [1.82, 2.24) is 5.32 Å². The van der Waals surface area contributed by atoms with Crippen LogP contribution in [0.5, 0.6) is 17.2 Å². The van der Waals surface area contributed by atoms with Gasteiger partial charge in [0, 0.05) is 23.9 Å². The number of rotatable bonds is 10. The molecule has 0 aliphatic carbocycles. The topological polar surface area (TPSA) is 103 Å². The van der Waals surface area contributed by atoms with Gasteiger partial charge in [-0.25, -0.2) is 8.42 Å². The number of carbonyl (C=O) groups excluding carboxylic acids is 1. The molecule has 0 spiro atoms. The SMILES string of the molecule is COc1ccc(CCNC(=O)c2ccc(OC)c(S(=O)(=O)Nc3ccc(C)cc3)c2)c(OC)c1. The van der Waals surface area contributed by atoms with E-state index < -0.39 is 15.9 Å². The van der Waals surface area contributed by atoms with Crippen molar-refractivity contribution >= 4 is 21.6 Å². The number of ether oxygens (including phenoxy) is 3. The van der Waals surface area contributed by atoms with Gasteiger partial charge >= 0.3 is 0 Å². The number of carbonyl (C=O) groups is 1. The van der Waals surface area contributed by atoms with Gasteiger partial charge in [-0.05, 0) is 55.3 Å². The zero-order valence-corrected chi connectivity index (χ0v) is 20.4. The summed E-state index contributed by atoms with van der Waals surface area (Å²) in [5.41, 5.74) is 2.53. The molecule has 0 radical (unpaired) electrons. The summed E-state index contributed by atoms with van der Waals surface area (Å²) in [4.78, 5) is 12.6. The molecule has 0 aromatic heterocycles. The van der Waals surface area contributed by atoms with E-state index in [4.69, 9.17) is 14.2 Å². The lowest BCUT2D eigenvalue weighted by atomic mass is 10.1. The van der Waals surface area contributed by atoms with Crippen molar-refractivity contribution in [1.29, 1.82) is 0 Å². The first kappa shape index (κ1) is 24.9. The molecule has 0 saturated heterocycles. The van der Waals surface area contributed by atoms with Gasteiger partial charge in [0.15, 0.2) is 0 Å². The number of aryl methyl sites for hydroxylation is 1. The number of hydrogen-bond acceptors (Lipinski definition) is 6. The van der Waals surface area contributed by atoms with Crippen molar-refractivity contribution in [3.05, 3.63) is 77.4 Å². The second-order valence-electron chi connectivity index (χ2n) is 7.52. The predicted molar refractivity (Wildman–Crippen MR) is 131 cm³/mol. The lowest BCUT2D eigenvalue weighted by Gasteiger charge is -2.14. The van der Waals surface area contributed by atoms with Gasteiger partial charge in [0.25, 0.3) is 15.9 Å². The highest BCUT2D eigenvalue weighted by Gasteiger charge is 2.22. The molecule has 0 aliphatic rings. The Morgan fingerprint density at radius 1 is 0.853 bits per heavy atom. The van der Waals surface area contributed by atoms with E-state index in [9.17, 15) is 13.2 Å². The summed E-state index contributed by atoms with van der Waals surface area (Å²) in [6.07, 6.45) is 0.523. The molecule has 0 unspecified atom stereocenters. The van der Waals surface area contributed by atoms with Gasteiger partial charge in [-0.15, -0.1) is 0 Å². The molecule has 1 amide bonds. The molecule has 0 fully saturated rings. The van der Waals surface area contributed by atoms with Gasteiger partial charge in [-0.2, -0.15) is 0 Å². The zero-order chi connectivity index (χ0) is 24.7. The standard InChI is InChI=1S/C25H28N2O6S/c1-17-5-9-20(10-6-17)27-34(29,30)24-15-19(8-12-22(24)32-3)25(28)26-14-13-18-7-11-21(31-2)16-23(18)33-4/h5-12,15-16,27H,13-14H2,1-4H3,(H,26,28). The Hall–Kier alpha value is -3.72. The molecule has 180 valence electrons. The fraction of sp³-hybridized carbons (Fsp3) is 0.240.